The van der Waals surface area contributed by atoms with E-state index in [0.717, 1.165) is 11.4 Å². The number of benzene rings is 1. The Labute approximate surface area is 125 Å². The maximum Gasteiger partial charge on any atom is 0.184 e. The van der Waals surface area contributed by atoms with Crippen molar-refractivity contribution in [2.24, 2.45) is 0 Å². The van der Waals surface area contributed by atoms with E-state index in [-0.39, 0.29) is 18.2 Å². The largest absolute Gasteiger partial charge is 0.363 e. The lowest BCUT2D eigenvalue weighted by Gasteiger charge is -2.18. The van der Waals surface area contributed by atoms with Crippen molar-refractivity contribution in [1.29, 1.82) is 0 Å². The molecular formula is C16H22N4O. The summed E-state index contributed by atoms with van der Waals surface area (Å²) < 4.78 is 7.75. The van der Waals surface area contributed by atoms with Crippen molar-refractivity contribution < 1.29 is 4.74 Å². The molecule has 5 heteroatoms. The molecule has 0 saturated heterocycles. The van der Waals surface area contributed by atoms with Crippen LogP contribution in [0.5, 0.6) is 0 Å². The van der Waals surface area contributed by atoms with Crippen molar-refractivity contribution in [3.8, 4) is 0 Å². The zero-order valence-electron chi connectivity index (χ0n) is 13.0. The average Bonchev–Trinajstić information content (AvgIpc) is 2.93. The SMILES string of the molecule is CC(C)OC(/C=C/c1ccccc1)c1nnnn1C(C)C. The first-order valence-electron chi connectivity index (χ1n) is 7.24. The Kier molecular flexibility index (Phi) is 5.22. The van der Waals surface area contributed by atoms with Crippen molar-refractivity contribution in [3.63, 3.8) is 0 Å². The van der Waals surface area contributed by atoms with E-state index in [1.165, 1.54) is 0 Å². The first kappa shape index (κ1) is 15.4. The van der Waals surface area contributed by atoms with Gasteiger partial charge in [0.1, 0.15) is 6.10 Å². The van der Waals surface area contributed by atoms with Crippen LogP contribution >= 0.6 is 0 Å². The van der Waals surface area contributed by atoms with Gasteiger partial charge in [0.25, 0.3) is 0 Å². The van der Waals surface area contributed by atoms with E-state index in [4.69, 9.17) is 4.74 Å². The molecule has 2 aromatic rings. The summed E-state index contributed by atoms with van der Waals surface area (Å²) in [5.41, 5.74) is 1.12. The van der Waals surface area contributed by atoms with E-state index in [1.807, 2.05) is 70.2 Å². The average molecular weight is 286 g/mol. The smallest absolute Gasteiger partial charge is 0.184 e. The van der Waals surface area contributed by atoms with Crippen LogP contribution in [0.25, 0.3) is 6.08 Å². The van der Waals surface area contributed by atoms with E-state index in [9.17, 15) is 0 Å². The molecule has 0 bridgehead atoms. The highest BCUT2D eigenvalue weighted by Crippen LogP contribution is 2.21. The highest BCUT2D eigenvalue weighted by Gasteiger charge is 2.20. The number of hydrogen-bond donors (Lipinski definition) is 0. The molecule has 0 radical (unpaired) electrons. The topological polar surface area (TPSA) is 52.8 Å². The van der Waals surface area contributed by atoms with E-state index < -0.39 is 0 Å². The van der Waals surface area contributed by atoms with E-state index in [2.05, 4.69) is 15.5 Å². The highest BCUT2D eigenvalue weighted by molar-refractivity contribution is 5.49. The predicted octanol–water partition coefficient (Wildman–Crippen LogP) is 3.43. The fourth-order valence-electron chi connectivity index (χ4n) is 2.00. The second-order valence-corrected chi connectivity index (χ2v) is 5.45. The van der Waals surface area contributed by atoms with Crippen LogP contribution in [-0.2, 0) is 4.74 Å². The predicted molar refractivity (Wildman–Crippen MR) is 82.6 cm³/mol. The fraction of sp³-hybridized carbons (Fsp3) is 0.438. The Morgan fingerprint density at radius 3 is 2.43 bits per heavy atom. The highest BCUT2D eigenvalue weighted by atomic mass is 16.5. The van der Waals surface area contributed by atoms with Gasteiger partial charge < -0.3 is 4.74 Å². The third-order valence-electron chi connectivity index (χ3n) is 2.94. The van der Waals surface area contributed by atoms with Gasteiger partial charge in [0.15, 0.2) is 5.82 Å². The van der Waals surface area contributed by atoms with Gasteiger partial charge in [-0.2, -0.15) is 0 Å². The Morgan fingerprint density at radius 2 is 1.81 bits per heavy atom. The molecule has 1 aromatic heterocycles. The molecule has 0 aliphatic heterocycles. The third-order valence-corrected chi connectivity index (χ3v) is 2.94. The molecule has 0 aliphatic rings. The number of rotatable bonds is 6. The van der Waals surface area contributed by atoms with Crippen molar-refractivity contribution in [2.45, 2.75) is 45.9 Å². The van der Waals surface area contributed by atoms with Crippen LogP contribution in [0, 0.1) is 0 Å². The summed E-state index contributed by atoms with van der Waals surface area (Å²) in [4.78, 5) is 0. The quantitative estimate of drug-likeness (QED) is 0.816. The van der Waals surface area contributed by atoms with Gasteiger partial charge in [-0.05, 0) is 49.8 Å². The molecule has 21 heavy (non-hydrogen) atoms. The van der Waals surface area contributed by atoms with Gasteiger partial charge >= 0.3 is 0 Å². The summed E-state index contributed by atoms with van der Waals surface area (Å²) in [7, 11) is 0. The molecule has 0 amide bonds. The number of nitrogens with zero attached hydrogens (tertiary/aromatic N) is 4. The van der Waals surface area contributed by atoms with Gasteiger partial charge in [0, 0.05) is 0 Å². The standard InChI is InChI=1S/C16H22N4O/c1-12(2)20-16(17-18-19-20)15(21-13(3)4)11-10-14-8-6-5-7-9-14/h5-13,15H,1-4H3/b11-10+. The first-order valence-corrected chi connectivity index (χ1v) is 7.24. The Morgan fingerprint density at radius 1 is 1.10 bits per heavy atom. The van der Waals surface area contributed by atoms with Crippen molar-refractivity contribution >= 4 is 6.08 Å². The van der Waals surface area contributed by atoms with Crippen LogP contribution in [0.1, 0.15) is 51.2 Å². The maximum atomic E-state index is 5.96. The molecule has 2 rings (SSSR count). The summed E-state index contributed by atoms with van der Waals surface area (Å²) in [6, 6.07) is 10.3. The van der Waals surface area contributed by atoms with E-state index >= 15 is 0 Å². The number of ether oxygens (including phenoxy) is 1. The summed E-state index contributed by atoms with van der Waals surface area (Å²) in [6.07, 6.45) is 3.86. The second-order valence-electron chi connectivity index (χ2n) is 5.45. The molecule has 1 heterocycles. The first-order chi connectivity index (χ1) is 10.1. The van der Waals surface area contributed by atoms with Gasteiger partial charge in [0.05, 0.1) is 12.1 Å². The Bertz CT molecular complexity index is 575. The zero-order chi connectivity index (χ0) is 15.2. The van der Waals surface area contributed by atoms with Gasteiger partial charge in [-0.25, -0.2) is 4.68 Å². The molecule has 0 N–H and O–H groups in total. The minimum Gasteiger partial charge on any atom is -0.363 e. The van der Waals surface area contributed by atoms with Crippen LogP contribution in [-0.4, -0.2) is 26.3 Å². The van der Waals surface area contributed by atoms with Gasteiger partial charge in [-0.3, -0.25) is 0 Å². The Balaban J connectivity index is 2.26. The number of hydrogen-bond acceptors (Lipinski definition) is 4. The molecule has 1 atom stereocenters. The lowest BCUT2D eigenvalue weighted by atomic mass is 10.2. The van der Waals surface area contributed by atoms with E-state index in [1.54, 1.807) is 4.68 Å². The molecular weight excluding hydrogens is 264 g/mol. The summed E-state index contributed by atoms with van der Waals surface area (Å²) in [5.74, 6) is 0.728. The second kappa shape index (κ2) is 7.13. The summed E-state index contributed by atoms with van der Waals surface area (Å²) in [5, 5.41) is 11.9. The summed E-state index contributed by atoms with van der Waals surface area (Å²) >= 11 is 0. The van der Waals surface area contributed by atoms with Crippen LogP contribution in [0.4, 0.5) is 0 Å². The van der Waals surface area contributed by atoms with Gasteiger partial charge in [0.2, 0.25) is 0 Å². The van der Waals surface area contributed by atoms with Crippen LogP contribution in [0.3, 0.4) is 0 Å². The lowest BCUT2D eigenvalue weighted by molar-refractivity contribution is 0.0273. The zero-order valence-corrected chi connectivity index (χ0v) is 13.0. The van der Waals surface area contributed by atoms with Crippen molar-refractivity contribution in [1.82, 2.24) is 20.2 Å². The minimum atomic E-state index is -0.261. The minimum absolute atomic E-state index is 0.0905. The van der Waals surface area contributed by atoms with Crippen LogP contribution < -0.4 is 0 Å². The van der Waals surface area contributed by atoms with Crippen molar-refractivity contribution in [2.75, 3.05) is 0 Å². The molecule has 1 unspecified atom stereocenters. The fourth-order valence-corrected chi connectivity index (χ4v) is 2.00. The van der Waals surface area contributed by atoms with Crippen LogP contribution in [0.2, 0.25) is 0 Å². The number of aromatic nitrogens is 4. The van der Waals surface area contributed by atoms with Gasteiger partial charge in [-0.1, -0.05) is 36.4 Å². The molecule has 112 valence electrons. The monoisotopic (exact) mass is 286 g/mol. The maximum absolute atomic E-state index is 5.96. The third kappa shape index (κ3) is 4.23. The van der Waals surface area contributed by atoms with Gasteiger partial charge in [-0.15, -0.1) is 5.10 Å². The normalized spacial score (nSPS) is 13.4. The molecule has 1 aromatic carbocycles. The molecule has 0 fully saturated rings. The molecule has 0 aliphatic carbocycles. The molecule has 0 spiro atoms. The van der Waals surface area contributed by atoms with Crippen LogP contribution in [0.15, 0.2) is 36.4 Å². The molecule has 0 saturated carbocycles. The van der Waals surface area contributed by atoms with Crippen molar-refractivity contribution in [3.05, 3.63) is 47.8 Å². The lowest BCUT2D eigenvalue weighted by Crippen LogP contribution is -2.16. The summed E-state index contributed by atoms with van der Waals surface area (Å²) in [6.45, 7) is 8.11. The van der Waals surface area contributed by atoms with E-state index in [0.29, 0.717) is 0 Å². The number of tetrazole rings is 1. The molecule has 5 nitrogen and oxygen atoms in total. The Hall–Kier alpha value is -2.01.